The van der Waals surface area contributed by atoms with Gasteiger partial charge in [0.2, 0.25) is 0 Å². The quantitative estimate of drug-likeness (QED) is 0.746. The minimum atomic E-state index is -4.05. The zero-order chi connectivity index (χ0) is 12.1. The van der Waals surface area contributed by atoms with Crippen molar-refractivity contribution >= 4 is 0 Å². The average molecular weight is 226 g/mol. The fourth-order valence-electron chi connectivity index (χ4n) is 1.38. The van der Waals surface area contributed by atoms with Gasteiger partial charge in [0.15, 0.2) is 0 Å². The van der Waals surface area contributed by atoms with Crippen LogP contribution in [0.3, 0.4) is 0 Å². The van der Waals surface area contributed by atoms with Crippen LogP contribution in [0.2, 0.25) is 0 Å². The van der Waals surface area contributed by atoms with E-state index in [1.807, 2.05) is 7.05 Å². The highest BCUT2D eigenvalue weighted by atomic mass is 19.4. The Kier molecular flexibility index (Phi) is 6.20. The molecule has 0 amide bonds. The van der Waals surface area contributed by atoms with Crippen LogP contribution in [0, 0.1) is 5.92 Å². The monoisotopic (exact) mass is 226 g/mol. The number of hydrogen-bond acceptors (Lipinski definition) is 2. The Morgan fingerprint density at radius 2 is 1.80 bits per heavy atom. The SMILES string of the molecule is CNC(CN(C)CCC(F)(F)F)C(C)C. The summed E-state index contributed by atoms with van der Waals surface area (Å²) in [5, 5.41) is 3.11. The molecule has 0 aromatic carbocycles. The van der Waals surface area contributed by atoms with Gasteiger partial charge in [-0.1, -0.05) is 13.8 Å². The third kappa shape index (κ3) is 7.62. The molecule has 0 aliphatic rings. The summed E-state index contributed by atoms with van der Waals surface area (Å²) >= 11 is 0. The summed E-state index contributed by atoms with van der Waals surface area (Å²) in [4.78, 5) is 1.72. The van der Waals surface area contributed by atoms with Gasteiger partial charge in [-0.15, -0.1) is 0 Å². The second-order valence-corrected chi connectivity index (χ2v) is 4.27. The van der Waals surface area contributed by atoms with Crippen LogP contribution in [0.25, 0.3) is 0 Å². The normalized spacial score (nSPS) is 15.0. The molecule has 0 aliphatic carbocycles. The lowest BCUT2D eigenvalue weighted by molar-refractivity contribution is -0.137. The minimum absolute atomic E-state index is 0.0639. The number of rotatable bonds is 6. The number of alkyl halides is 3. The van der Waals surface area contributed by atoms with E-state index < -0.39 is 12.6 Å². The van der Waals surface area contributed by atoms with Gasteiger partial charge < -0.3 is 10.2 Å². The molecule has 0 saturated carbocycles. The summed E-state index contributed by atoms with van der Waals surface area (Å²) in [6.45, 7) is 4.82. The number of likely N-dealkylation sites (N-methyl/N-ethyl adjacent to an activating group) is 2. The van der Waals surface area contributed by atoms with Crippen LogP contribution in [0.15, 0.2) is 0 Å². The number of halogens is 3. The minimum Gasteiger partial charge on any atom is -0.315 e. The van der Waals surface area contributed by atoms with Crippen LogP contribution in [-0.2, 0) is 0 Å². The molecule has 0 bridgehead atoms. The average Bonchev–Trinajstić information content (AvgIpc) is 2.09. The molecule has 1 atom stereocenters. The lowest BCUT2D eigenvalue weighted by atomic mass is 10.0. The van der Waals surface area contributed by atoms with Gasteiger partial charge >= 0.3 is 6.18 Å². The molecule has 1 unspecified atom stereocenters. The predicted molar refractivity (Wildman–Crippen MR) is 55.9 cm³/mol. The van der Waals surface area contributed by atoms with Crippen molar-refractivity contribution in [2.24, 2.45) is 5.92 Å². The Labute approximate surface area is 89.8 Å². The summed E-state index contributed by atoms with van der Waals surface area (Å²) in [6.07, 6.45) is -4.79. The highest BCUT2D eigenvalue weighted by molar-refractivity contribution is 4.72. The van der Waals surface area contributed by atoms with Gasteiger partial charge in [-0.25, -0.2) is 0 Å². The Bertz CT molecular complexity index is 169. The first kappa shape index (κ1) is 14.7. The van der Waals surface area contributed by atoms with Crippen LogP contribution >= 0.6 is 0 Å². The molecule has 92 valence electrons. The smallest absolute Gasteiger partial charge is 0.315 e. The van der Waals surface area contributed by atoms with E-state index in [-0.39, 0.29) is 12.6 Å². The first-order chi connectivity index (χ1) is 6.76. The largest absolute Gasteiger partial charge is 0.390 e. The standard InChI is InChI=1S/C10H21F3N2/c1-8(2)9(14-3)7-15(4)6-5-10(11,12)13/h8-9,14H,5-7H2,1-4H3. The van der Waals surface area contributed by atoms with Crippen molar-refractivity contribution in [3.63, 3.8) is 0 Å². The van der Waals surface area contributed by atoms with E-state index in [2.05, 4.69) is 19.2 Å². The topological polar surface area (TPSA) is 15.3 Å². The molecule has 0 radical (unpaired) electrons. The molecule has 5 heteroatoms. The molecule has 15 heavy (non-hydrogen) atoms. The van der Waals surface area contributed by atoms with E-state index in [1.54, 1.807) is 11.9 Å². The molecule has 0 aromatic heterocycles. The first-order valence-electron chi connectivity index (χ1n) is 5.19. The summed E-state index contributed by atoms with van der Waals surface area (Å²) in [5.74, 6) is 0.420. The van der Waals surface area contributed by atoms with E-state index in [4.69, 9.17) is 0 Å². The van der Waals surface area contributed by atoms with Crippen LogP contribution in [0.4, 0.5) is 13.2 Å². The highest BCUT2D eigenvalue weighted by Gasteiger charge is 2.27. The van der Waals surface area contributed by atoms with Crippen molar-refractivity contribution in [3.8, 4) is 0 Å². The lowest BCUT2D eigenvalue weighted by Gasteiger charge is -2.26. The van der Waals surface area contributed by atoms with Crippen molar-refractivity contribution in [2.45, 2.75) is 32.5 Å². The van der Waals surface area contributed by atoms with E-state index in [9.17, 15) is 13.2 Å². The molecule has 0 aliphatic heterocycles. The van der Waals surface area contributed by atoms with Gasteiger partial charge in [0.1, 0.15) is 0 Å². The zero-order valence-electron chi connectivity index (χ0n) is 9.86. The van der Waals surface area contributed by atoms with Crippen molar-refractivity contribution in [1.29, 1.82) is 0 Å². The van der Waals surface area contributed by atoms with Crippen LogP contribution in [-0.4, -0.2) is 44.3 Å². The third-order valence-corrected chi connectivity index (χ3v) is 2.46. The maximum absolute atomic E-state index is 12.0. The van der Waals surface area contributed by atoms with Gasteiger partial charge in [-0.05, 0) is 20.0 Å². The van der Waals surface area contributed by atoms with Crippen molar-refractivity contribution in [3.05, 3.63) is 0 Å². The molecule has 0 spiro atoms. The molecule has 2 nitrogen and oxygen atoms in total. The molecule has 1 N–H and O–H groups in total. The van der Waals surface area contributed by atoms with E-state index >= 15 is 0 Å². The van der Waals surface area contributed by atoms with Crippen LogP contribution in [0.5, 0.6) is 0 Å². The lowest BCUT2D eigenvalue weighted by Crippen LogP contribution is -2.42. The number of hydrogen-bond donors (Lipinski definition) is 1. The Hall–Kier alpha value is -0.290. The summed E-state index contributed by atoms with van der Waals surface area (Å²) in [7, 11) is 3.56. The maximum atomic E-state index is 12.0. The molecule has 0 aromatic rings. The number of nitrogens with zero attached hydrogens (tertiary/aromatic N) is 1. The third-order valence-electron chi connectivity index (χ3n) is 2.46. The van der Waals surface area contributed by atoms with Crippen molar-refractivity contribution in [2.75, 3.05) is 27.2 Å². The maximum Gasteiger partial charge on any atom is 0.390 e. The van der Waals surface area contributed by atoms with Gasteiger partial charge in [0, 0.05) is 19.1 Å². The Balaban J connectivity index is 3.86. The fraction of sp³-hybridized carbons (Fsp3) is 1.00. The first-order valence-corrected chi connectivity index (χ1v) is 5.19. The van der Waals surface area contributed by atoms with Gasteiger partial charge in [-0.2, -0.15) is 13.2 Å². The highest BCUT2D eigenvalue weighted by Crippen LogP contribution is 2.19. The fourth-order valence-corrected chi connectivity index (χ4v) is 1.38. The van der Waals surface area contributed by atoms with Crippen molar-refractivity contribution < 1.29 is 13.2 Å². The van der Waals surface area contributed by atoms with Gasteiger partial charge in [0.25, 0.3) is 0 Å². The molecule has 0 heterocycles. The Morgan fingerprint density at radius 3 is 2.13 bits per heavy atom. The molecular formula is C10H21F3N2. The number of nitrogens with one attached hydrogen (secondary N) is 1. The predicted octanol–water partition coefficient (Wildman–Crippen LogP) is 2.11. The van der Waals surface area contributed by atoms with Crippen LogP contribution < -0.4 is 5.32 Å². The van der Waals surface area contributed by atoms with Crippen molar-refractivity contribution in [1.82, 2.24) is 10.2 Å². The second kappa shape index (κ2) is 6.33. The van der Waals surface area contributed by atoms with E-state index in [1.165, 1.54) is 0 Å². The zero-order valence-corrected chi connectivity index (χ0v) is 9.86. The summed E-state index contributed by atoms with van der Waals surface area (Å²) in [5.41, 5.74) is 0. The summed E-state index contributed by atoms with van der Waals surface area (Å²) < 4.78 is 35.9. The molecule has 0 rings (SSSR count). The van der Waals surface area contributed by atoms with Gasteiger partial charge in [-0.3, -0.25) is 0 Å². The summed E-state index contributed by atoms with van der Waals surface area (Å²) in [6, 6.07) is 0.239. The Morgan fingerprint density at radius 1 is 1.27 bits per heavy atom. The van der Waals surface area contributed by atoms with E-state index in [0.717, 1.165) is 0 Å². The second-order valence-electron chi connectivity index (χ2n) is 4.27. The molecule has 0 saturated heterocycles. The van der Waals surface area contributed by atoms with Crippen LogP contribution in [0.1, 0.15) is 20.3 Å². The molecular weight excluding hydrogens is 205 g/mol. The molecule has 0 fully saturated rings. The van der Waals surface area contributed by atoms with Gasteiger partial charge in [0.05, 0.1) is 6.42 Å². The van der Waals surface area contributed by atoms with E-state index in [0.29, 0.717) is 12.5 Å².